The summed E-state index contributed by atoms with van der Waals surface area (Å²) in [6, 6.07) is 0. The zero-order valence-electron chi connectivity index (χ0n) is 10.3. The summed E-state index contributed by atoms with van der Waals surface area (Å²) >= 11 is 0. The number of Topliss-reactive ketones (excluding diaryl/α,β-unsaturated/α-hetero) is 1. The lowest BCUT2D eigenvalue weighted by Crippen LogP contribution is -2.25. The van der Waals surface area contributed by atoms with Crippen molar-refractivity contribution < 1.29 is 9.59 Å². The normalized spacial score (nSPS) is 9.76. The first-order valence-corrected chi connectivity index (χ1v) is 5.46. The van der Waals surface area contributed by atoms with Crippen molar-refractivity contribution in [2.24, 2.45) is 0 Å². The quantitative estimate of drug-likeness (QED) is 0.609. The molecule has 1 amide bonds. The van der Waals surface area contributed by atoms with Crippen LogP contribution >= 0.6 is 0 Å². The third kappa shape index (κ3) is 2.56. The number of aromatic amines is 1. The number of amides is 1. The maximum Gasteiger partial charge on any atom is 0.268 e. The standard InChI is InChI=1S/C13H16N2O2/c1-5-7-14-13(17)12-10(6-2)11(9(4)16)8(3)15-12/h1,15H,6-7H2,2-4H3,(H,14,17). The topological polar surface area (TPSA) is 62.0 Å². The minimum Gasteiger partial charge on any atom is -0.354 e. The summed E-state index contributed by atoms with van der Waals surface area (Å²) in [5.41, 5.74) is 2.52. The molecular formula is C13H16N2O2. The average Bonchev–Trinajstić information content (AvgIpc) is 2.62. The van der Waals surface area contributed by atoms with E-state index in [0.717, 1.165) is 11.3 Å². The van der Waals surface area contributed by atoms with Crippen LogP contribution in [0.15, 0.2) is 0 Å². The monoisotopic (exact) mass is 232 g/mol. The van der Waals surface area contributed by atoms with E-state index in [0.29, 0.717) is 17.7 Å². The average molecular weight is 232 g/mol. The molecule has 0 bridgehead atoms. The Balaban J connectivity index is 3.18. The van der Waals surface area contributed by atoms with Crippen molar-refractivity contribution in [3.63, 3.8) is 0 Å². The molecule has 0 fully saturated rings. The van der Waals surface area contributed by atoms with Gasteiger partial charge in [-0.3, -0.25) is 9.59 Å². The summed E-state index contributed by atoms with van der Waals surface area (Å²) in [5, 5.41) is 2.59. The Labute approximate surface area is 101 Å². The summed E-state index contributed by atoms with van der Waals surface area (Å²) in [5.74, 6) is 2.03. The minimum absolute atomic E-state index is 0.0356. The number of nitrogens with one attached hydrogen (secondary N) is 2. The van der Waals surface area contributed by atoms with E-state index in [1.165, 1.54) is 6.92 Å². The SMILES string of the molecule is C#CCNC(=O)c1[nH]c(C)c(C(C)=O)c1CC. The van der Waals surface area contributed by atoms with Gasteiger partial charge in [0.25, 0.3) is 5.91 Å². The lowest BCUT2D eigenvalue weighted by Gasteiger charge is -2.03. The number of rotatable bonds is 4. The van der Waals surface area contributed by atoms with Crippen LogP contribution in [-0.4, -0.2) is 23.2 Å². The van der Waals surface area contributed by atoms with Crippen LogP contribution in [0.5, 0.6) is 0 Å². The molecule has 2 N–H and O–H groups in total. The van der Waals surface area contributed by atoms with Gasteiger partial charge < -0.3 is 10.3 Å². The van der Waals surface area contributed by atoms with Gasteiger partial charge in [-0.25, -0.2) is 0 Å². The highest BCUT2D eigenvalue weighted by Crippen LogP contribution is 2.20. The maximum atomic E-state index is 11.8. The Kier molecular flexibility index (Phi) is 4.11. The van der Waals surface area contributed by atoms with E-state index < -0.39 is 0 Å². The fraction of sp³-hybridized carbons (Fsp3) is 0.385. The Morgan fingerprint density at radius 1 is 1.47 bits per heavy atom. The molecule has 1 rings (SSSR count). The number of carbonyl (C=O) groups is 2. The number of H-pyrrole nitrogens is 1. The molecule has 0 saturated heterocycles. The number of terminal acetylenes is 1. The van der Waals surface area contributed by atoms with Gasteiger partial charge in [-0.1, -0.05) is 12.8 Å². The molecule has 0 aliphatic heterocycles. The van der Waals surface area contributed by atoms with Crippen LogP contribution in [0.25, 0.3) is 0 Å². The molecule has 0 aliphatic carbocycles. The smallest absolute Gasteiger partial charge is 0.268 e. The van der Waals surface area contributed by atoms with Crippen LogP contribution in [0.4, 0.5) is 0 Å². The van der Waals surface area contributed by atoms with Gasteiger partial charge in [0.1, 0.15) is 5.69 Å². The Morgan fingerprint density at radius 3 is 2.59 bits per heavy atom. The van der Waals surface area contributed by atoms with Crippen molar-refractivity contribution in [2.45, 2.75) is 27.2 Å². The predicted molar refractivity (Wildman–Crippen MR) is 66.1 cm³/mol. The number of hydrogen-bond acceptors (Lipinski definition) is 2. The first kappa shape index (κ1) is 13.0. The Hall–Kier alpha value is -2.02. The molecule has 0 atom stereocenters. The van der Waals surface area contributed by atoms with Gasteiger partial charge in [-0.15, -0.1) is 6.42 Å². The van der Waals surface area contributed by atoms with Crippen molar-refractivity contribution in [1.29, 1.82) is 0 Å². The number of aryl methyl sites for hydroxylation is 1. The van der Waals surface area contributed by atoms with Crippen LogP contribution in [0, 0.1) is 19.3 Å². The first-order valence-electron chi connectivity index (χ1n) is 5.46. The molecule has 17 heavy (non-hydrogen) atoms. The zero-order valence-corrected chi connectivity index (χ0v) is 10.3. The molecule has 90 valence electrons. The van der Waals surface area contributed by atoms with Crippen LogP contribution in [0.1, 0.15) is 46.0 Å². The van der Waals surface area contributed by atoms with E-state index in [4.69, 9.17) is 6.42 Å². The number of carbonyl (C=O) groups excluding carboxylic acids is 2. The summed E-state index contributed by atoms with van der Waals surface area (Å²) < 4.78 is 0. The van der Waals surface area contributed by atoms with E-state index >= 15 is 0 Å². The van der Waals surface area contributed by atoms with Crippen molar-refractivity contribution >= 4 is 11.7 Å². The summed E-state index contributed by atoms with van der Waals surface area (Å²) in [4.78, 5) is 26.3. The highest BCUT2D eigenvalue weighted by Gasteiger charge is 2.20. The highest BCUT2D eigenvalue weighted by atomic mass is 16.2. The number of aromatic nitrogens is 1. The lowest BCUT2D eigenvalue weighted by atomic mass is 10.0. The number of hydrogen-bond donors (Lipinski definition) is 2. The Morgan fingerprint density at radius 2 is 2.12 bits per heavy atom. The fourth-order valence-electron chi connectivity index (χ4n) is 1.92. The largest absolute Gasteiger partial charge is 0.354 e. The second-order valence-corrected chi connectivity index (χ2v) is 3.78. The molecule has 0 spiro atoms. The van der Waals surface area contributed by atoms with E-state index in [2.05, 4.69) is 16.2 Å². The molecule has 1 aromatic rings. The van der Waals surface area contributed by atoms with Crippen molar-refractivity contribution in [1.82, 2.24) is 10.3 Å². The minimum atomic E-state index is -0.268. The predicted octanol–water partition coefficient (Wildman–Crippen LogP) is 1.45. The highest BCUT2D eigenvalue weighted by molar-refractivity contribution is 6.02. The second-order valence-electron chi connectivity index (χ2n) is 3.78. The van der Waals surface area contributed by atoms with Crippen molar-refractivity contribution in [3.05, 3.63) is 22.5 Å². The maximum absolute atomic E-state index is 11.8. The summed E-state index contributed by atoms with van der Waals surface area (Å²) in [6.07, 6.45) is 5.70. The first-order chi connectivity index (χ1) is 8.02. The molecular weight excluding hydrogens is 216 g/mol. The summed E-state index contributed by atoms with van der Waals surface area (Å²) in [6.45, 7) is 5.37. The molecule has 0 aromatic carbocycles. The van der Waals surface area contributed by atoms with Crippen LogP contribution < -0.4 is 5.32 Å². The van der Waals surface area contributed by atoms with Gasteiger partial charge >= 0.3 is 0 Å². The molecule has 0 radical (unpaired) electrons. The fourth-order valence-corrected chi connectivity index (χ4v) is 1.92. The van der Waals surface area contributed by atoms with Gasteiger partial charge in [-0.2, -0.15) is 0 Å². The molecule has 0 saturated carbocycles. The van der Waals surface area contributed by atoms with Gasteiger partial charge in [-0.05, 0) is 25.8 Å². The van der Waals surface area contributed by atoms with Crippen LogP contribution in [0.2, 0.25) is 0 Å². The van der Waals surface area contributed by atoms with Crippen molar-refractivity contribution in [2.75, 3.05) is 6.54 Å². The Bertz CT molecular complexity index is 492. The van der Waals surface area contributed by atoms with E-state index in [9.17, 15) is 9.59 Å². The third-order valence-electron chi connectivity index (χ3n) is 2.57. The van der Waals surface area contributed by atoms with E-state index in [1.54, 1.807) is 6.92 Å². The molecule has 0 aliphatic rings. The molecule has 4 heteroatoms. The van der Waals surface area contributed by atoms with Gasteiger partial charge in [0.2, 0.25) is 0 Å². The molecule has 1 aromatic heterocycles. The van der Waals surface area contributed by atoms with E-state index in [1.807, 2.05) is 6.92 Å². The third-order valence-corrected chi connectivity index (χ3v) is 2.57. The van der Waals surface area contributed by atoms with Gasteiger partial charge in [0, 0.05) is 11.3 Å². The van der Waals surface area contributed by atoms with Crippen molar-refractivity contribution in [3.8, 4) is 12.3 Å². The zero-order chi connectivity index (χ0) is 13.0. The molecule has 4 nitrogen and oxygen atoms in total. The molecule has 1 heterocycles. The summed E-state index contributed by atoms with van der Waals surface area (Å²) in [7, 11) is 0. The van der Waals surface area contributed by atoms with Gasteiger partial charge in [0.05, 0.1) is 6.54 Å². The number of ketones is 1. The second kappa shape index (κ2) is 5.35. The molecule has 0 unspecified atom stereocenters. The van der Waals surface area contributed by atoms with Crippen LogP contribution in [-0.2, 0) is 6.42 Å². The van der Waals surface area contributed by atoms with E-state index in [-0.39, 0.29) is 18.2 Å². The van der Waals surface area contributed by atoms with Crippen LogP contribution in [0.3, 0.4) is 0 Å². The van der Waals surface area contributed by atoms with Gasteiger partial charge in [0.15, 0.2) is 5.78 Å². The lowest BCUT2D eigenvalue weighted by molar-refractivity contribution is 0.0953.